The third-order valence-corrected chi connectivity index (χ3v) is 13.0. The Morgan fingerprint density at radius 2 is 0.750 bits per heavy atom. The van der Waals surface area contributed by atoms with E-state index in [1.54, 1.807) is 33.8 Å². The highest BCUT2D eigenvalue weighted by molar-refractivity contribution is 6.32. The van der Waals surface area contributed by atoms with Crippen molar-refractivity contribution >= 4 is 43.5 Å². The molecule has 0 aliphatic carbocycles. The zero-order valence-electron chi connectivity index (χ0n) is 38.9. The van der Waals surface area contributed by atoms with E-state index in [0.717, 1.165) is 30.3 Å². The molecule has 7 aromatic carbocycles. The van der Waals surface area contributed by atoms with Gasteiger partial charge in [-0.15, -0.1) is 0 Å². The van der Waals surface area contributed by atoms with Crippen LogP contribution in [0.2, 0.25) is 0 Å². The molecule has 396 valence electrons. The molecule has 76 heavy (non-hydrogen) atoms. The molecule has 9 rings (SSSR count). The van der Waals surface area contributed by atoms with E-state index < -0.39 is 170 Å². The predicted molar refractivity (Wildman–Crippen MR) is 246 cm³/mol. The second-order valence-electron chi connectivity index (χ2n) is 18.6. The van der Waals surface area contributed by atoms with Gasteiger partial charge in [0.25, 0.3) is 11.1 Å². The quantitative estimate of drug-likeness (QED) is 0.0947. The summed E-state index contributed by atoms with van der Waals surface area (Å²) in [6.07, 6.45) is -32.9. The summed E-state index contributed by atoms with van der Waals surface area (Å²) in [5.41, 5.74) is -19.6. The molecule has 0 spiro atoms. The van der Waals surface area contributed by atoms with Crippen molar-refractivity contribution in [3.05, 3.63) is 168 Å². The zero-order valence-corrected chi connectivity index (χ0v) is 38.9. The fourth-order valence-corrected chi connectivity index (χ4v) is 9.52. The summed E-state index contributed by atoms with van der Waals surface area (Å²) in [7, 11) is 0. The van der Waals surface area contributed by atoms with Crippen molar-refractivity contribution in [3.8, 4) is 39.1 Å². The van der Waals surface area contributed by atoms with E-state index in [1.165, 1.54) is 12.1 Å². The Hall–Kier alpha value is -7.52. The maximum Gasteiger partial charge on any atom is 0.416 e. The van der Waals surface area contributed by atoms with Gasteiger partial charge in [0.2, 0.25) is 0 Å². The third kappa shape index (κ3) is 9.26. The molecule has 0 atom stereocenters. The molecule has 0 aliphatic rings. The van der Waals surface area contributed by atoms with Gasteiger partial charge in [0.05, 0.1) is 39.1 Å². The number of halogens is 18. The van der Waals surface area contributed by atoms with Crippen LogP contribution in [0.15, 0.2) is 117 Å². The van der Waals surface area contributed by atoms with Gasteiger partial charge in [-0.05, 0) is 130 Å². The Labute approximate surface area is 414 Å². The first kappa shape index (κ1) is 53.3. The second kappa shape index (κ2) is 17.5. The van der Waals surface area contributed by atoms with Gasteiger partial charge in [-0.3, -0.25) is 9.59 Å². The predicted octanol–water partition coefficient (Wildman–Crippen LogP) is 18.2. The lowest BCUT2D eigenvalue weighted by Gasteiger charge is -2.23. The highest BCUT2D eigenvalue weighted by Crippen LogP contribution is 2.50. The van der Waals surface area contributed by atoms with Crippen LogP contribution in [0.25, 0.3) is 82.6 Å². The Bertz CT molecular complexity index is 3800. The Morgan fingerprint density at radius 1 is 0.382 bits per heavy atom. The number of benzene rings is 7. The molecule has 0 aliphatic heterocycles. The Kier molecular flexibility index (Phi) is 12.3. The standard InChI is InChI=1S/C54H31F18NO3/c1-22(2)34-6-5-7-35(23(3)4)45(34)73-47(74)39-20-36(26-12-30(51(61,62)63)18-31(13-26)52(64,65)66)42-38-16-24(25-10-28(49(55,56)57)17-29(11-25)50(58,59)60)8-9-41(38)76-46-37(21-40(48(73)75)43(39)44(42)46)27-14-32(53(67,68)69)19-33(15-27)54(70,71)72/h5-23H,1-4H3. The van der Waals surface area contributed by atoms with E-state index in [0.29, 0.717) is 27.8 Å². The number of aromatic nitrogens is 1. The molecule has 0 bridgehead atoms. The maximum absolute atomic E-state index is 15.4. The number of hydrogen-bond acceptors (Lipinski definition) is 3. The summed E-state index contributed by atoms with van der Waals surface area (Å²) in [5.74, 6) is -1.01. The van der Waals surface area contributed by atoms with Gasteiger partial charge in [-0.2, -0.15) is 79.0 Å². The van der Waals surface area contributed by atoms with E-state index in [1.807, 2.05) is 0 Å². The smallest absolute Gasteiger partial charge is 0.416 e. The van der Waals surface area contributed by atoms with Crippen molar-refractivity contribution in [2.24, 2.45) is 0 Å². The third-order valence-electron chi connectivity index (χ3n) is 13.0. The van der Waals surface area contributed by atoms with Crippen LogP contribution in [0.3, 0.4) is 0 Å². The topological polar surface area (TPSA) is 52.2 Å². The van der Waals surface area contributed by atoms with Crippen LogP contribution >= 0.6 is 0 Å². The number of para-hydroxylation sites is 1. The summed E-state index contributed by atoms with van der Waals surface area (Å²) < 4.78 is 268. The van der Waals surface area contributed by atoms with Gasteiger partial charge in [0.15, 0.2) is 0 Å². The van der Waals surface area contributed by atoms with Gasteiger partial charge in [0, 0.05) is 37.9 Å². The Morgan fingerprint density at radius 3 is 1.13 bits per heavy atom. The number of pyridine rings is 1. The lowest BCUT2D eigenvalue weighted by Crippen LogP contribution is -2.34. The molecule has 22 heteroatoms. The first-order valence-electron chi connectivity index (χ1n) is 22.4. The maximum atomic E-state index is 15.4. The van der Waals surface area contributed by atoms with Crippen molar-refractivity contribution in [2.45, 2.75) is 76.6 Å². The summed E-state index contributed by atoms with van der Waals surface area (Å²) in [5, 5.41) is -3.79. The molecule has 2 aromatic heterocycles. The molecule has 9 aromatic rings. The molecule has 0 N–H and O–H groups in total. The van der Waals surface area contributed by atoms with Gasteiger partial charge in [0.1, 0.15) is 11.2 Å². The van der Waals surface area contributed by atoms with Crippen LogP contribution in [0.1, 0.15) is 84.0 Å². The largest absolute Gasteiger partial charge is 0.455 e. The van der Waals surface area contributed by atoms with E-state index in [9.17, 15) is 79.0 Å². The van der Waals surface area contributed by atoms with Crippen LogP contribution in [0, 0.1) is 0 Å². The van der Waals surface area contributed by atoms with Gasteiger partial charge in [-0.1, -0.05) is 52.0 Å². The number of nitrogens with zero attached hydrogens (tertiary/aromatic N) is 1. The minimum atomic E-state index is -5.55. The van der Waals surface area contributed by atoms with Gasteiger partial charge < -0.3 is 4.42 Å². The molecule has 0 fully saturated rings. The number of fused-ring (bicyclic) bond motifs is 2. The molecular formula is C54H31F18NO3. The van der Waals surface area contributed by atoms with E-state index in [-0.39, 0.29) is 48.2 Å². The minimum Gasteiger partial charge on any atom is -0.455 e. The highest BCUT2D eigenvalue weighted by atomic mass is 19.4. The molecule has 0 amide bonds. The molecule has 0 saturated carbocycles. The molecule has 2 heterocycles. The lowest BCUT2D eigenvalue weighted by atomic mass is 9.85. The van der Waals surface area contributed by atoms with Crippen LogP contribution in [-0.4, -0.2) is 4.57 Å². The summed E-state index contributed by atoms with van der Waals surface area (Å²) in [4.78, 5) is 30.7. The lowest BCUT2D eigenvalue weighted by molar-refractivity contribution is -0.144. The summed E-state index contributed by atoms with van der Waals surface area (Å²) >= 11 is 0. The van der Waals surface area contributed by atoms with Gasteiger partial charge in [-0.25, -0.2) is 4.57 Å². The molecular weight excluding hydrogens is 1050 g/mol. The zero-order chi connectivity index (χ0) is 55.9. The number of hydrogen-bond donors (Lipinski definition) is 0. The molecule has 0 saturated heterocycles. The fraction of sp³-hybridized carbons (Fsp3) is 0.222. The van der Waals surface area contributed by atoms with Crippen LogP contribution in [-0.2, 0) is 37.1 Å². The monoisotopic (exact) mass is 1080 g/mol. The average molecular weight is 1080 g/mol. The minimum absolute atomic E-state index is 0.0629. The summed E-state index contributed by atoms with van der Waals surface area (Å²) in [6.45, 7) is 6.67. The van der Waals surface area contributed by atoms with E-state index in [2.05, 4.69) is 0 Å². The van der Waals surface area contributed by atoms with Crippen molar-refractivity contribution in [1.82, 2.24) is 4.57 Å². The van der Waals surface area contributed by atoms with Gasteiger partial charge >= 0.3 is 37.1 Å². The van der Waals surface area contributed by atoms with E-state index >= 15 is 9.59 Å². The number of rotatable bonds is 6. The van der Waals surface area contributed by atoms with Crippen molar-refractivity contribution in [2.75, 3.05) is 0 Å². The van der Waals surface area contributed by atoms with Crippen molar-refractivity contribution < 1.29 is 83.4 Å². The molecule has 0 radical (unpaired) electrons. The molecule has 0 unspecified atom stereocenters. The first-order chi connectivity index (χ1) is 34.9. The molecule has 4 nitrogen and oxygen atoms in total. The van der Waals surface area contributed by atoms with Crippen molar-refractivity contribution in [3.63, 3.8) is 0 Å². The summed E-state index contributed by atoms with van der Waals surface area (Å²) in [6, 6.07) is 9.65. The number of alkyl halides is 18. The first-order valence-corrected chi connectivity index (χ1v) is 22.4. The van der Waals surface area contributed by atoms with E-state index in [4.69, 9.17) is 4.42 Å². The highest BCUT2D eigenvalue weighted by Gasteiger charge is 2.41. The normalized spacial score (nSPS) is 13.5. The SMILES string of the molecule is CC(C)c1cccc(C(C)C)c1-n1c(=O)c2cc(-c3cc(C(F)(F)F)cc(C(F)(F)F)c3)c3oc4ccc(-c5cc(C(F)(F)F)cc(C(F)(F)F)c5)cc4c4c(-c5cc(C(F)(F)F)cc(C(F)(F)F)c5)cc(c1=O)c2c34. The Balaban J connectivity index is 1.60. The van der Waals surface area contributed by atoms with Crippen LogP contribution < -0.4 is 11.1 Å². The van der Waals surface area contributed by atoms with Crippen molar-refractivity contribution in [1.29, 1.82) is 0 Å². The average Bonchev–Trinajstić information content (AvgIpc) is 3.37. The van der Waals surface area contributed by atoms with Crippen LogP contribution in [0.4, 0.5) is 79.0 Å². The van der Waals surface area contributed by atoms with Crippen LogP contribution in [0.5, 0.6) is 0 Å². The second-order valence-corrected chi connectivity index (χ2v) is 18.6. The fourth-order valence-electron chi connectivity index (χ4n) is 9.52.